The summed E-state index contributed by atoms with van der Waals surface area (Å²) in [6.07, 6.45) is 4.88. The fraction of sp³-hybridized carbons (Fsp3) is 0.233. The Labute approximate surface area is 245 Å². The van der Waals surface area contributed by atoms with Gasteiger partial charge in [-0.05, 0) is 41.8 Å². The van der Waals surface area contributed by atoms with Crippen molar-refractivity contribution < 1.29 is 24.2 Å². The molecule has 210 valence electrons. The summed E-state index contributed by atoms with van der Waals surface area (Å²) in [6.45, 7) is 2.61. The average molecular weight is 589 g/mol. The lowest BCUT2D eigenvalue weighted by Crippen LogP contribution is -2.29. The number of Topliss-reactive ketones (excluding diaryl/α,β-unsaturated/α-hetero) is 1. The predicted molar refractivity (Wildman–Crippen MR) is 158 cm³/mol. The molecule has 41 heavy (non-hydrogen) atoms. The standard InChI is InChI=1S/C30H28N4O5S2/c1-3-4-16-39-22-11-10-21(17-23(22)38-2)25-24(26(35)20-12-14-31-15-13-20)27(36)28(37)34(25)29-32-33-30(41-29)40-18-19-8-6-5-7-9-19/h5-15,17,25,35H,3-4,16,18H2,1-2H3. The lowest BCUT2D eigenvalue weighted by molar-refractivity contribution is -0.132. The zero-order valence-electron chi connectivity index (χ0n) is 22.5. The van der Waals surface area contributed by atoms with Crippen LogP contribution in [0.2, 0.25) is 0 Å². The summed E-state index contributed by atoms with van der Waals surface area (Å²) >= 11 is 2.70. The van der Waals surface area contributed by atoms with Gasteiger partial charge in [0.05, 0.1) is 25.3 Å². The summed E-state index contributed by atoms with van der Waals surface area (Å²) in [6, 6.07) is 17.4. The van der Waals surface area contributed by atoms with E-state index >= 15 is 0 Å². The Kier molecular flexibility index (Phi) is 8.95. The van der Waals surface area contributed by atoms with Crippen molar-refractivity contribution in [1.29, 1.82) is 0 Å². The topological polar surface area (TPSA) is 115 Å². The van der Waals surface area contributed by atoms with E-state index in [1.54, 1.807) is 30.3 Å². The summed E-state index contributed by atoms with van der Waals surface area (Å²) in [5.74, 6) is -0.250. The normalized spacial score (nSPS) is 16.2. The number of rotatable bonds is 11. The summed E-state index contributed by atoms with van der Waals surface area (Å²) in [4.78, 5) is 32.3. The van der Waals surface area contributed by atoms with Gasteiger partial charge in [-0.15, -0.1) is 10.2 Å². The average Bonchev–Trinajstić information content (AvgIpc) is 3.58. The van der Waals surface area contributed by atoms with Crippen molar-refractivity contribution >= 4 is 45.7 Å². The van der Waals surface area contributed by atoms with Gasteiger partial charge in [0.1, 0.15) is 5.76 Å². The van der Waals surface area contributed by atoms with E-state index in [1.165, 1.54) is 47.5 Å². The molecule has 0 radical (unpaired) electrons. The highest BCUT2D eigenvalue weighted by Gasteiger charge is 2.48. The molecule has 1 atom stereocenters. The molecule has 3 heterocycles. The Balaban J connectivity index is 1.55. The molecule has 1 aliphatic rings. The Hall–Kier alpha value is -4.22. The SMILES string of the molecule is CCCCOc1ccc(C2C(=C(O)c3ccncc3)C(=O)C(=O)N2c2nnc(SCc3ccccc3)s2)cc1OC. The second-order valence-electron chi connectivity index (χ2n) is 9.14. The van der Waals surface area contributed by atoms with Crippen LogP contribution in [0.1, 0.15) is 42.5 Å². The maximum atomic E-state index is 13.5. The van der Waals surface area contributed by atoms with Crippen molar-refractivity contribution in [3.05, 3.63) is 95.3 Å². The second-order valence-corrected chi connectivity index (χ2v) is 11.3. The molecule has 1 aliphatic heterocycles. The third kappa shape index (κ3) is 6.10. The van der Waals surface area contributed by atoms with Crippen LogP contribution in [0.5, 0.6) is 11.5 Å². The van der Waals surface area contributed by atoms with E-state index in [2.05, 4.69) is 22.1 Å². The van der Waals surface area contributed by atoms with Gasteiger partial charge in [-0.1, -0.05) is 72.8 Å². The van der Waals surface area contributed by atoms with Crippen molar-refractivity contribution in [1.82, 2.24) is 15.2 Å². The highest BCUT2D eigenvalue weighted by molar-refractivity contribution is 8.00. The first kappa shape index (κ1) is 28.3. The van der Waals surface area contributed by atoms with Crippen molar-refractivity contribution in [2.75, 3.05) is 18.6 Å². The van der Waals surface area contributed by atoms with Gasteiger partial charge >= 0.3 is 5.91 Å². The van der Waals surface area contributed by atoms with Crippen molar-refractivity contribution in [3.8, 4) is 11.5 Å². The van der Waals surface area contributed by atoms with Crippen LogP contribution in [0.15, 0.2) is 83.0 Å². The third-order valence-electron chi connectivity index (χ3n) is 6.46. The lowest BCUT2D eigenvalue weighted by atomic mass is 9.95. The fourth-order valence-corrected chi connectivity index (χ4v) is 6.21. The number of benzene rings is 2. The number of carbonyl (C=O) groups is 2. The predicted octanol–water partition coefficient (Wildman–Crippen LogP) is 6.04. The molecule has 2 aromatic carbocycles. The quantitative estimate of drug-likeness (QED) is 0.0559. The first-order chi connectivity index (χ1) is 20.0. The van der Waals surface area contributed by atoms with Crippen LogP contribution in [0.25, 0.3) is 5.76 Å². The van der Waals surface area contributed by atoms with E-state index in [4.69, 9.17) is 9.47 Å². The highest BCUT2D eigenvalue weighted by Crippen LogP contribution is 2.45. The molecular formula is C30H28N4O5S2. The molecule has 0 saturated carbocycles. The number of ketones is 1. The van der Waals surface area contributed by atoms with Crippen LogP contribution in [-0.4, -0.2) is 45.7 Å². The van der Waals surface area contributed by atoms with Gasteiger partial charge in [-0.25, -0.2) is 0 Å². The number of aliphatic hydroxyl groups is 1. The minimum Gasteiger partial charge on any atom is -0.507 e. The van der Waals surface area contributed by atoms with E-state index in [0.29, 0.717) is 39.3 Å². The van der Waals surface area contributed by atoms with Crippen molar-refractivity contribution in [3.63, 3.8) is 0 Å². The Morgan fingerprint density at radius 2 is 1.83 bits per heavy atom. The number of hydrogen-bond acceptors (Lipinski definition) is 10. The van der Waals surface area contributed by atoms with E-state index < -0.39 is 17.7 Å². The number of unbranched alkanes of at least 4 members (excludes halogenated alkanes) is 1. The molecule has 4 aromatic rings. The van der Waals surface area contributed by atoms with E-state index in [0.717, 1.165) is 18.4 Å². The van der Waals surface area contributed by atoms with Crippen LogP contribution in [-0.2, 0) is 15.3 Å². The summed E-state index contributed by atoms with van der Waals surface area (Å²) < 4.78 is 12.1. The zero-order valence-corrected chi connectivity index (χ0v) is 24.2. The van der Waals surface area contributed by atoms with E-state index in [1.807, 2.05) is 30.3 Å². The van der Waals surface area contributed by atoms with Gasteiger partial charge in [-0.2, -0.15) is 0 Å². The number of nitrogens with zero attached hydrogens (tertiary/aromatic N) is 4. The Morgan fingerprint density at radius 1 is 1.05 bits per heavy atom. The molecule has 9 nitrogen and oxygen atoms in total. The minimum absolute atomic E-state index is 0.0587. The molecule has 11 heteroatoms. The first-order valence-electron chi connectivity index (χ1n) is 13.0. The fourth-order valence-electron chi connectivity index (χ4n) is 4.39. The largest absolute Gasteiger partial charge is 0.507 e. The molecule has 2 aromatic heterocycles. The highest BCUT2D eigenvalue weighted by atomic mass is 32.2. The lowest BCUT2D eigenvalue weighted by Gasteiger charge is -2.23. The first-order valence-corrected chi connectivity index (χ1v) is 14.8. The molecule has 1 fully saturated rings. The summed E-state index contributed by atoms with van der Waals surface area (Å²) in [5.41, 5.74) is 1.98. The molecule has 1 amide bonds. The van der Waals surface area contributed by atoms with E-state index in [9.17, 15) is 14.7 Å². The molecule has 5 rings (SSSR count). The van der Waals surface area contributed by atoms with Crippen LogP contribution in [0.4, 0.5) is 5.13 Å². The van der Waals surface area contributed by atoms with Gasteiger partial charge in [0.15, 0.2) is 15.8 Å². The number of methoxy groups -OCH3 is 1. The van der Waals surface area contributed by atoms with Crippen LogP contribution >= 0.6 is 23.1 Å². The monoisotopic (exact) mass is 588 g/mol. The van der Waals surface area contributed by atoms with E-state index in [-0.39, 0.29) is 16.5 Å². The molecule has 1 N–H and O–H groups in total. The van der Waals surface area contributed by atoms with Gasteiger partial charge < -0.3 is 14.6 Å². The smallest absolute Gasteiger partial charge is 0.301 e. The number of carbonyl (C=O) groups excluding carboxylic acids is 2. The molecule has 1 unspecified atom stereocenters. The number of pyridine rings is 1. The number of ether oxygens (including phenoxy) is 2. The van der Waals surface area contributed by atoms with Gasteiger partial charge in [0.2, 0.25) is 5.13 Å². The van der Waals surface area contributed by atoms with Crippen LogP contribution in [0, 0.1) is 0 Å². The number of amides is 1. The molecule has 0 aliphatic carbocycles. The number of hydrogen-bond donors (Lipinski definition) is 1. The minimum atomic E-state index is -0.971. The van der Waals surface area contributed by atoms with Gasteiger partial charge in [0, 0.05) is 23.7 Å². The second kappa shape index (κ2) is 13.0. The van der Waals surface area contributed by atoms with Gasteiger partial charge in [-0.3, -0.25) is 19.5 Å². The number of thioether (sulfide) groups is 1. The van der Waals surface area contributed by atoms with Crippen LogP contribution in [0.3, 0.4) is 0 Å². The maximum Gasteiger partial charge on any atom is 0.301 e. The molecular weight excluding hydrogens is 560 g/mol. The third-order valence-corrected chi connectivity index (χ3v) is 8.59. The molecule has 0 bridgehead atoms. The number of aliphatic hydroxyl groups excluding tert-OH is 1. The molecule has 0 spiro atoms. The Bertz CT molecular complexity index is 1560. The molecule has 1 saturated heterocycles. The Morgan fingerprint density at radius 3 is 2.56 bits per heavy atom. The number of anilines is 1. The zero-order chi connectivity index (χ0) is 28.8. The summed E-state index contributed by atoms with van der Waals surface area (Å²) in [7, 11) is 1.53. The van der Waals surface area contributed by atoms with Crippen molar-refractivity contribution in [2.24, 2.45) is 0 Å². The number of aromatic nitrogens is 3. The maximum absolute atomic E-state index is 13.5. The van der Waals surface area contributed by atoms with Crippen LogP contribution < -0.4 is 14.4 Å². The van der Waals surface area contributed by atoms with Gasteiger partial charge in [0.25, 0.3) is 5.78 Å². The van der Waals surface area contributed by atoms with Crippen molar-refractivity contribution in [2.45, 2.75) is 35.9 Å². The summed E-state index contributed by atoms with van der Waals surface area (Å²) in [5, 5.41) is 20.1.